The lowest BCUT2D eigenvalue weighted by Crippen LogP contribution is -2.38. The van der Waals surface area contributed by atoms with Gasteiger partial charge < -0.3 is 9.42 Å². The molecule has 22 heavy (non-hydrogen) atoms. The molecule has 1 aliphatic rings. The molecule has 6 nitrogen and oxygen atoms in total. The van der Waals surface area contributed by atoms with Crippen LogP contribution in [0, 0.1) is 18.3 Å². The Balaban J connectivity index is 1.86. The highest BCUT2D eigenvalue weighted by Gasteiger charge is 2.32. The van der Waals surface area contributed by atoms with Crippen molar-refractivity contribution in [2.45, 2.75) is 32.2 Å². The molecule has 1 aromatic heterocycles. The summed E-state index contributed by atoms with van der Waals surface area (Å²) >= 11 is 0. The van der Waals surface area contributed by atoms with Gasteiger partial charge in [0.1, 0.15) is 6.04 Å². The molecule has 0 N–H and O–H groups in total. The van der Waals surface area contributed by atoms with Crippen molar-refractivity contribution in [3.05, 3.63) is 47.1 Å². The Morgan fingerprint density at radius 2 is 2.14 bits per heavy atom. The lowest BCUT2D eigenvalue weighted by Gasteiger charge is -2.33. The average molecular weight is 296 g/mol. The van der Waals surface area contributed by atoms with Crippen molar-refractivity contribution in [2.75, 3.05) is 6.54 Å². The summed E-state index contributed by atoms with van der Waals surface area (Å²) in [4.78, 5) is 18.8. The predicted octanol–water partition coefficient (Wildman–Crippen LogP) is 2.62. The molecule has 1 aliphatic heterocycles. The lowest BCUT2D eigenvalue weighted by molar-refractivity contribution is 0.0561. The topological polar surface area (TPSA) is 83.0 Å². The third kappa shape index (κ3) is 2.70. The molecule has 0 bridgehead atoms. The van der Waals surface area contributed by atoms with Gasteiger partial charge in [-0.05, 0) is 50.5 Å². The number of aryl methyl sites for hydroxylation is 1. The van der Waals surface area contributed by atoms with Crippen LogP contribution < -0.4 is 0 Å². The minimum absolute atomic E-state index is 0.0648. The van der Waals surface area contributed by atoms with Crippen molar-refractivity contribution < 1.29 is 9.32 Å². The molecule has 0 aliphatic carbocycles. The van der Waals surface area contributed by atoms with Gasteiger partial charge in [-0.1, -0.05) is 5.16 Å². The van der Waals surface area contributed by atoms with Crippen LogP contribution in [0.1, 0.15) is 52.9 Å². The third-order valence-electron chi connectivity index (χ3n) is 3.85. The van der Waals surface area contributed by atoms with Gasteiger partial charge in [0.25, 0.3) is 5.91 Å². The van der Waals surface area contributed by atoms with Crippen LogP contribution in [0.3, 0.4) is 0 Å². The van der Waals surface area contributed by atoms with E-state index in [-0.39, 0.29) is 11.9 Å². The van der Waals surface area contributed by atoms with Gasteiger partial charge in [0.05, 0.1) is 11.6 Å². The Labute approximate surface area is 128 Å². The fourth-order valence-electron chi connectivity index (χ4n) is 2.73. The molecule has 1 atom stereocenters. The minimum Gasteiger partial charge on any atom is -0.337 e. The Bertz CT molecular complexity index is 714. The Kier molecular flexibility index (Phi) is 3.88. The first kappa shape index (κ1) is 14.3. The van der Waals surface area contributed by atoms with Gasteiger partial charge in [-0.3, -0.25) is 4.79 Å². The first-order chi connectivity index (χ1) is 10.7. The zero-order chi connectivity index (χ0) is 15.5. The molecular formula is C16H16N4O2. The van der Waals surface area contributed by atoms with E-state index in [1.165, 1.54) is 0 Å². The maximum atomic E-state index is 12.7. The highest BCUT2D eigenvalue weighted by molar-refractivity contribution is 5.94. The number of hydrogen-bond acceptors (Lipinski definition) is 5. The molecule has 6 heteroatoms. The summed E-state index contributed by atoms with van der Waals surface area (Å²) in [5.41, 5.74) is 1.11. The molecule has 0 radical (unpaired) electrons. The van der Waals surface area contributed by atoms with Crippen molar-refractivity contribution in [3.63, 3.8) is 0 Å². The van der Waals surface area contributed by atoms with Crippen LogP contribution in [0.25, 0.3) is 0 Å². The Morgan fingerprint density at radius 1 is 1.36 bits per heavy atom. The maximum Gasteiger partial charge on any atom is 0.254 e. The van der Waals surface area contributed by atoms with Crippen LogP contribution in [0.15, 0.2) is 28.8 Å². The molecule has 2 aromatic rings. The number of nitriles is 1. The Hall–Kier alpha value is -2.68. The number of rotatable bonds is 2. The summed E-state index contributed by atoms with van der Waals surface area (Å²) in [5, 5.41) is 12.7. The second kappa shape index (κ2) is 5.98. The number of amides is 1. The molecule has 0 saturated carbocycles. The first-order valence-corrected chi connectivity index (χ1v) is 7.30. The van der Waals surface area contributed by atoms with Crippen LogP contribution in [-0.2, 0) is 0 Å². The van der Waals surface area contributed by atoms with E-state index in [4.69, 9.17) is 9.78 Å². The molecule has 1 amide bonds. The van der Waals surface area contributed by atoms with E-state index < -0.39 is 0 Å². The summed E-state index contributed by atoms with van der Waals surface area (Å²) in [6.07, 6.45) is 2.82. The number of piperidine rings is 1. The standard InChI is InChI=1S/C16H16N4O2/c1-11-18-15(22-19-11)14-4-2-3-9-20(14)16(21)13-7-5-12(10-17)6-8-13/h5-8,14H,2-4,9H2,1H3/t14-/m1/s1. The number of benzene rings is 1. The van der Waals surface area contributed by atoms with Crippen LogP contribution in [0.5, 0.6) is 0 Å². The summed E-state index contributed by atoms with van der Waals surface area (Å²) in [5.74, 6) is 1.01. The first-order valence-electron chi connectivity index (χ1n) is 7.30. The van der Waals surface area contributed by atoms with Gasteiger partial charge in [-0.2, -0.15) is 10.2 Å². The average Bonchev–Trinajstić information content (AvgIpc) is 3.00. The van der Waals surface area contributed by atoms with Gasteiger partial charge in [0.2, 0.25) is 5.89 Å². The summed E-state index contributed by atoms with van der Waals surface area (Å²) in [6, 6.07) is 8.57. The fourth-order valence-corrected chi connectivity index (χ4v) is 2.73. The van der Waals surface area contributed by atoms with Gasteiger partial charge in [-0.25, -0.2) is 0 Å². The van der Waals surface area contributed by atoms with Crippen molar-refractivity contribution in [3.8, 4) is 6.07 Å². The van der Waals surface area contributed by atoms with E-state index >= 15 is 0 Å². The van der Waals surface area contributed by atoms with Crippen LogP contribution in [0.4, 0.5) is 0 Å². The zero-order valence-corrected chi connectivity index (χ0v) is 12.3. The molecular weight excluding hydrogens is 280 g/mol. The smallest absolute Gasteiger partial charge is 0.254 e. The van der Waals surface area contributed by atoms with E-state index in [9.17, 15) is 4.79 Å². The van der Waals surface area contributed by atoms with Crippen molar-refractivity contribution in [1.29, 1.82) is 5.26 Å². The summed E-state index contributed by atoms with van der Waals surface area (Å²) in [7, 11) is 0. The molecule has 112 valence electrons. The number of aromatic nitrogens is 2. The van der Waals surface area contributed by atoms with Gasteiger partial charge >= 0.3 is 0 Å². The van der Waals surface area contributed by atoms with Crippen molar-refractivity contribution in [1.82, 2.24) is 15.0 Å². The van der Waals surface area contributed by atoms with Crippen molar-refractivity contribution >= 4 is 5.91 Å². The maximum absolute atomic E-state index is 12.7. The number of hydrogen-bond donors (Lipinski definition) is 0. The predicted molar refractivity (Wildman–Crippen MR) is 77.8 cm³/mol. The summed E-state index contributed by atoms with van der Waals surface area (Å²) < 4.78 is 5.26. The van der Waals surface area contributed by atoms with E-state index in [1.807, 2.05) is 0 Å². The minimum atomic E-state index is -0.168. The van der Waals surface area contributed by atoms with E-state index in [0.29, 0.717) is 29.4 Å². The lowest BCUT2D eigenvalue weighted by atomic mass is 10.0. The van der Waals surface area contributed by atoms with Gasteiger partial charge in [0, 0.05) is 12.1 Å². The quantitative estimate of drug-likeness (QED) is 0.850. The molecule has 1 aromatic carbocycles. The highest BCUT2D eigenvalue weighted by Crippen LogP contribution is 2.31. The van der Waals surface area contributed by atoms with E-state index in [1.54, 1.807) is 36.1 Å². The number of nitrogens with zero attached hydrogens (tertiary/aromatic N) is 4. The zero-order valence-electron chi connectivity index (χ0n) is 12.3. The summed E-state index contributed by atoms with van der Waals surface area (Å²) in [6.45, 7) is 2.44. The van der Waals surface area contributed by atoms with Crippen LogP contribution in [0.2, 0.25) is 0 Å². The SMILES string of the molecule is Cc1noc([C@H]2CCCCN2C(=O)c2ccc(C#N)cc2)n1. The second-order valence-corrected chi connectivity index (χ2v) is 5.38. The fraction of sp³-hybridized carbons (Fsp3) is 0.375. The van der Waals surface area contributed by atoms with E-state index in [0.717, 1.165) is 19.3 Å². The normalized spacial score (nSPS) is 18.0. The number of carbonyl (C=O) groups excluding carboxylic acids is 1. The molecule has 0 spiro atoms. The highest BCUT2D eigenvalue weighted by atomic mass is 16.5. The number of carbonyl (C=O) groups is 1. The van der Waals surface area contributed by atoms with Crippen LogP contribution in [-0.4, -0.2) is 27.5 Å². The van der Waals surface area contributed by atoms with Gasteiger partial charge in [-0.15, -0.1) is 0 Å². The molecule has 1 saturated heterocycles. The van der Waals surface area contributed by atoms with Crippen molar-refractivity contribution in [2.24, 2.45) is 0 Å². The Morgan fingerprint density at radius 3 is 2.77 bits per heavy atom. The molecule has 0 unspecified atom stereocenters. The largest absolute Gasteiger partial charge is 0.337 e. The van der Waals surface area contributed by atoms with Gasteiger partial charge in [0.15, 0.2) is 5.82 Å². The molecule has 1 fully saturated rings. The second-order valence-electron chi connectivity index (χ2n) is 5.38. The monoisotopic (exact) mass is 296 g/mol. The van der Waals surface area contributed by atoms with Crippen LogP contribution >= 0.6 is 0 Å². The van der Waals surface area contributed by atoms with E-state index in [2.05, 4.69) is 16.2 Å². The third-order valence-corrected chi connectivity index (χ3v) is 3.85. The molecule has 3 rings (SSSR count). The number of likely N-dealkylation sites (tertiary alicyclic amines) is 1. The molecule has 2 heterocycles.